The molecule has 0 aromatic carbocycles. The fourth-order valence-corrected chi connectivity index (χ4v) is 4.02. The summed E-state index contributed by atoms with van der Waals surface area (Å²) in [7, 11) is 1.87. The van der Waals surface area contributed by atoms with E-state index in [-0.39, 0.29) is 23.6 Å². The normalized spacial score (nSPS) is 15.9. The van der Waals surface area contributed by atoms with Gasteiger partial charge in [0, 0.05) is 38.5 Å². The molecule has 0 aliphatic carbocycles. The van der Waals surface area contributed by atoms with Gasteiger partial charge in [-0.3, -0.25) is 14.5 Å². The lowest BCUT2D eigenvalue weighted by Crippen LogP contribution is -2.49. The zero-order valence-corrected chi connectivity index (χ0v) is 19.8. The minimum Gasteiger partial charge on any atom is -0.350 e. The van der Waals surface area contributed by atoms with Gasteiger partial charge >= 0.3 is 0 Å². The van der Waals surface area contributed by atoms with Gasteiger partial charge in [0.15, 0.2) is 5.82 Å². The van der Waals surface area contributed by atoms with Crippen molar-refractivity contribution in [3.63, 3.8) is 0 Å². The first kappa shape index (κ1) is 23.5. The second-order valence-electron chi connectivity index (χ2n) is 8.96. The van der Waals surface area contributed by atoms with Crippen LogP contribution in [-0.4, -0.2) is 43.7 Å². The first-order valence-electron chi connectivity index (χ1n) is 11.0. The molecule has 3 aromatic rings. The van der Waals surface area contributed by atoms with Crippen LogP contribution in [0.4, 0.5) is 26.2 Å². The third kappa shape index (κ3) is 4.82. The summed E-state index contributed by atoms with van der Waals surface area (Å²) in [6.07, 6.45) is 5.03. The molecule has 1 unspecified atom stereocenters. The molecular weight excluding hydrogens is 442 g/mol. The predicted octanol–water partition coefficient (Wildman–Crippen LogP) is 3.56. The van der Waals surface area contributed by atoms with Gasteiger partial charge in [-0.25, -0.2) is 4.98 Å². The third-order valence-corrected chi connectivity index (χ3v) is 5.73. The number of amides is 1. The van der Waals surface area contributed by atoms with Crippen LogP contribution < -0.4 is 15.5 Å². The number of likely N-dealkylation sites (N-methyl/N-ethyl adjacent to an activating group) is 1. The summed E-state index contributed by atoms with van der Waals surface area (Å²) in [6.45, 7) is 7.52. The molecule has 4 rings (SSSR count). The van der Waals surface area contributed by atoms with Crippen molar-refractivity contribution in [2.45, 2.75) is 52.7 Å². The van der Waals surface area contributed by atoms with Crippen molar-refractivity contribution in [3.8, 4) is 0 Å². The number of anilines is 3. The lowest BCUT2D eigenvalue weighted by molar-refractivity contribution is -0.118. The standard InChI is InChI=1S/C23H28F2N8O/c1-13(2)19-21(34)30-18-14(3)29-22(31-20(18)32(19)5)27-9-16-10-28-33(12-16)11-15-6-7-17(26-8-15)23(4,24)25/h6-8,10,12-13,19H,9,11H2,1-5H3,(H,30,34)(H,27,29,31). The van der Waals surface area contributed by atoms with Crippen molar-refractivity contribution in [2.75, 3.05) is 22.6 Å². The number of hydrogen-bond acceptors (Lipinski definition) is 7. The fourth-order valence-electron chi connectivity index (χ4n) is 4.02. The predicted molar refractivity (Wildman–Crippen MR) is 125 cm³/mol. The number of pyridine rings is 1. The molecule has 1 aliphatic heterocycles. The van der Waals surface area contributed by atoms with Crippen LogP contribution in [0, 0.1) is 12.8 Å². The van der Waals surface area contributed by atoms with E-state index in [0.29, 0.717) is 36.2 Å². The van der Waals surface area contributed by atoms with Crippen LogP contribution in [0.3, 0.4) is 0 Å². The fraction of sp³-hybridized carbons (Fsp3) is 0.435. The van der Waals surface area contributed by atoms with Crippen molar-refractivity contribution in [1.29, 1.82) is 0 Å². The molecular formula is C23H28F2N8O. The van der Waals surface area contributed by atoms with Crippen molar-refractivity contribution in [1.82, 2.24) is 24.7 Å². The van der Waals surface area contributed by atoms with Gasteiger partial charge < -0.3 is 15.5 Å². The van der Waals surface area contributed by atoms with Gasteiger partial charge in [0.25, 0.3) is 5.92 Å². The lowest BCUT2D eigenvalue weighted by Gasteiger charge is -2.36. The molecule has 11 heteroatoms. The summed E-state index contributed by atoms with van der Waals surface area (Å²) in [6, 6.07) is 2.66. The van der Waals surface area contributed by atoms with Gasteiger partial charge in [-0.05, 0) is 24.5 Å². The van der Waals surface area contributed by atoms with E-state index in [9.17, 15) is 13.6 Å². The Morgan fingerprint density at radius 2 is 1.97 bits per heavy atom. The summed E-state index contributed by atoms with van der Waals surface area (Å²) < 4.78 is 28.4. The van der Waals surface area contributed by atoms with E-state index in [2.05, 4.69) is 30.7 Å². The molecule has 1 amide bonds. The molecule has 2 N–H and O–H groups in total. The number of fused-ring (bicyclic) bond motifs is 1. The average molecular weight is 471 g/mol. The topological polar surface area (TPSA) is 101 Å². The van der Waals surface area contributed by atoms with Crippen LogP contribution >= 0.6 is 0 Å². The highest BCUT2D eigenvalue weighted by Crippen LogP contribution is 2.34. The molecule has 0 saturated carbocycles. The highest BCUT2D eigenvalue weighted by Gasteiger charge is 2.35. The minimum atomic E-state index is -2.96. The summed E-state index contributed by atoms with van der Waals surface area (Å²) >= 11 is 0. The Morgan fingerprint density at radius 1 is 1.21 bits per heavy atom. The second kappa shape index (κ2) is 8.96. The maximum absolute atomic E-state index is 13.3. The SMILES string of the molecule is Cc1nc(NCc2cnn(Cc3ccc(C(C)(F)F)nc3)c2)nc2c1NC(=O)C(C(C)C)N2C. The van der Waals surface area contributed by atoms with Crippen LogP contribution in [0.5, 0.6) is 0 Å². The van der Waals surface area contributed by atoms with E-state index >= 15 is 0 Å². The number of aryl methyl sites for hydroxylation is 1. The molecule has 9 nitrogen and oxygen atoms in total. The molecule has 1 atom stereocenters. The second-order valence-corrected chi connectivity index (χ2v) is 8.96. The summed E-state index contributed by atoms with van der Waals surface area (Å²) in [5, 5.41) is 10.5. The van der Waals surface area contributed by atoms with Crippen LogP contribution in [0.2, 0.25) is 0 Å². The molecule has 34 heavy (non-hydrogen) atoms. The number of aromatic nitrogens is 5. The summed E-state index contributed by atoms with van der Waals surface area (Å²) in [5.41, 5.74) is 2.73. The van der Waals surface area contributed by atoms with Gasteiger partial charge in [0.2, 0.25) is 11.9 Å². The van der Waals surface area contributed by atoms with E-state index in [1.54, 1.807) is 16.9 Å². The van der Waals surface area contributed by atoms with Gasteiger partial charge in [0.05, 0.1) is 18.4 Å². The van der Waals surface area contributed by atoms with E-state index in [0.717, 1.165) is 18.1 Å². The molecule has 0 bridgehead atoms. The molecule has 180 valence electrons. The highest BCUT2D eigenvalue weighted by atomic mass is 19.3. The highest BCUT2D eigenvalue weighted by molar-refractivity contribution is 6.03. The van der Waals surface area contributed by atoms with Crippen LogP contribution in [-0.2, 0) is 23.8 Å². The maximum Gasteiger partial charge on any atom is 0.286 e. The smallest absolute Gasteiger partial charge is 0.286 e. The van der Waals surface area contributed by atoms with E-state index < -0.39 is 5.92 Å². The number of hydrogen-bond donors (Lipinski definition) is 2. The Kier molecular flexibility index (Phi) is 6.20. The molecule has 4 heterocycles. The Balaban J connectivity index is 1.43. The van der Waals surface area contributed by atoms with E-state index in [1.165, 1.54) is 12.3 Å². The molecule has 1 aliphatic rings. The Labute approximate surface area is 196 Å². The first-order valence-corrected chi connectivity index (χ1v) is 11.0. The van der Waals surface area contributed by atoms with Crippen LogP contribution in [0.25, 0.3) is 0 Å². The van der Waals surface area contributed by atoms with Crippen molar-refractivity contribution in [2.24, 2.45) is 5.92 Å². The zero-order chi connectivity index (χ0) is 24.6. The first-order chi connectivity index (χ1) is 16.0. The van der Waals surface area contributed by atoms with Gasteiger partial charge in [-0.15, -0.1) is 0 Å². The number of rotatable bonds is 7. The number of nitrogens with zero attached hydrogens (tertiary/aromatic N) is 6. The number of carbonyl (C=O) groups is 1. The molecule has 0 radical (unpaired) electrons. The van der Waals surface area contributed by atoms with Crippen molar-refractivity contribution in [3.05, 3.63) is 53.2 Å². The van der Waals surface area contributed by atoms with Crippen molar-refractivity contribution < 1.29 is 13.6 Å². The molecule has 0 spiro atoms. The summed E-state index contributed by atoms with van der Waals surface area (Å²) in [5.74, 6) is -1.76. The van der Waals surface area contributed by atoms with Crippen LogP contribution in [0.15, 0.2) is 30.7 Å². The van der Waals surface area contributed by atoms with Crippen LogP contribution in [0.1, 0.15) is 43.3 Å². The molecule has 0 fully saturated rings. The number of alkyl halides is 2. The van der Waals surface area contributed by atoms with Gasteiger partial charge in [0.1, 0.15) is 17.4 Å². The Hall–Kier alpha value is -3.63. The molecule has 0 saturated heterocycles. The Morgan fingerprint density at radius 3 is 2.62 bits per heavy atom. The van der Waals surface area contributed by atoms with E-state index in [1.807, 2.05) is 38.9 Å². The largest absolute Gasteiger partial charge is 0.350 e. The quantitative estimate of drug-likeness (QED) is 0.545. The van der Waals surface area contributed by atoms with E-state index in [4.69, 9.17) is 0 Å². The lowest BCUT2D eigenvalue weighted by atomic mass is 9.99. The zero-order valence-electron chi connectivity index (χ0n) is 19.8. The number of halogens is 2. The number of nitrogens with one attached hydrogen (secondary N) is 2. The monoisotopic (exact) mass is 470 g/mol. The van der Waals surface area contributed by atoms with Gasteiger partial charge in [-0.2, -0.15) is 18.9 Å². The van der Waals surface area contributed by atoms with Gasteiger partial charge in [-0.1, -0.05) is 19.9 Å². The molecule has 3 aromatic heterocycles. The minimum absolute atomic E-state index is 0.0573. The maximum atomic E-state index is 13.3. The van der Waals surface area contributed by atoms with Crippen molar-refractivity contribution >= 4 is 23.4 Å². The summed E-state index contributed by atoms with van der Waals surface area (Å²) in [4.78, 5) is 27.3. The average Bonchev–Trinajstić information content (AvgIpc) is 3.20. The third-order valence-electron chi connectivity index (χ3n) is 5.73. The Bertz CT molecular complexity index is 1190. The number of carbonyl (C=O) groups excluding carboxylic acids is 1.